The SMILES string of the molecule is CCCc1cc(Nc2ccc(Cl)cc2)n2nc(-c3ccco3)nc2n1. The van der Waals surface area contributed by atoms with Crippen molar-refractivity contribution in [3.8, 4) is 11.6 Å². The van der Waals surface area contributed by atoms with E-state index in [4.69, 9.17) is 16.0 Å². The van der Waals surface area contributed by atoms with E-state index in [0.29, 0.717) is 22.4 Å². The number of hydrogen-bond acceptors (Lipinski definition) is 5. The highest BCUT2D eigenvalue weighted by Crippen LogP contribution is 2.23. The Balaban J connectivity index is 1.80. The van der Waals surface area contributed by atoms with Crippen molar-refractivity contribution in [3.05, 3.63) is 59.4 Å². The Bertz CT molecular complexity index is 992. The van der Waals surface area contributed by atoms with Gasteiger partial charge in [0.25, 0.3) is 5.78 Å². The first-order valence-corrected chi connectivity index (χ1v) is 8.44. The van der Waals surface area contributed by atoms with Gasteiger partial charge in [-0.25, -0.2) is 4.98 Å². The monoisotopic (exact) mass is 353 g/mol. The summed E-state index contributed by atoms with van der Waals surface area (Å²) in [6.45, 7) is 2.12. The van der Waals surface area contributed by atoms with Gasteiger partial charge in [-0.3, -0.25) is 0 Å². The number of aryl methyl sites for hydroxylation is 1. The first kappa shape index (κ1) is 15.7. The van der Waals surface area contributed by atoms with Crippen molar-refractivity contribution in [2.45, 2.75) is 19.8 Å². The summed E-state index contributed by atoms with van der Waals surface area (Å²) in [5, 5.41) is 8.59. The molecule has 0 aliphatic carbocycles. The highest BCUT2D eigenvalue weighted by molar-refractivity contribution is 6.30. The minimum atomic E-state index is 0.505. The minimum Gasteiger partial charge on any atom is -0.461 e. The number of nitrogens with one attached hydrogen (secondary N) is 1. The summed E-state index contributed by atoms with van der Waals surface area (Å²) in [7, 11) is 0. The maximum atomic E-state index is 5.96. The normalized spacial score (nSPS) is 11.1. The van der Waals surface area contributed by atoms with Gasteiger partial charge in [-0.1, -0.05) is 24.9 Å². The molecule has 0 aliphatic rings. The second kappa shape index (κ2) is 6.57. The van der Waals surface area contributed by atoms with Crippen LogP contribution in [0.5, 0.6) is 0 Å². The quantitative estimate of drug-likeness (QED) is 0.561. The molecule has 0 saturated carbocycles. The zero-order valence-corrected chi connectivity index (χ0v) is 14.4. The zero-order valence-electron chi connectivity index (χ0n) is 13.6. The van der Waals surface area contributed by atoms with Crippen LogP contribution in [0.2, 0.25) is 5.02 Å². The van der Waals surface area contributed by atoms with E-state index in [1.807, 2.05) is 42.5 Å². The number of furan rings is 1. The van der Waals surface area contributed by atoms with Crippen molar-refractivity contribution in [1.82, 2.24) is 19.6 Å². The molecule has 0 fully saturated rings. The Kier molecular flexibility index (Phi) is 4.11. The highest BCUT2D eigenvalue weighted by atomic mass is 35.5. The molecule has 0 aliphatic heterocycles. The Morgan fingerprint density at radius 1 is 1.16 bits per heavy atom. The van der Waals surface area contributed by atoms with E-state index < -0.39 is 0 Å². The van der Waals surface area contributed by atoms with Crippen molar-refractivity contribution in [2.24, 2.45) is 0 Å². The topological polar surface area (TPSA) is 68.2 Å². The van der Waals surface area contributed by atoms with E-state index in [2.05, 4.69) is 27.3 Å². The third kappa shape index (κ3) is 3.21. The molecule has 1 aromatic carbocycles. The Labute approximate surface area is 149 Å². The van der Waals surface area contributed by atoms with Gasteiger partial charge < -0.3 is 9.73 Å². The molecule has 25 heavy (non-hydrogen) atoms. The van der Waals surface area contributed by atoms with E-state index in [1.165, 1.54) is 0 Å². The van der Waals surface area contributed by atoms with Crippen molar-refractivity contribution in [1.29, 1.82) is 0 Å². The zero-order chi connectivity index (χ0) is 17.2. The average Bonchev–Trinajstić information content (AvgIpc) is 3.26. The Morgan fingerprint density at radius 3 is 2.72 bits per heavy atom. The molecule has 6 nitrogen and oxygen atoms in total. The van der Waals surface area contributed by atoms with Gasteiger partial charge in [0, 0.05) is 22.5 Å². The lowest BCUT2D eigenvalue weighted by Crippen LogP contribution is -2.04. The van der Waals surface area contributed by atoms with Gasteiger partial charge in [0.1, 0.15) is 5.82 Å². The third-order valence-electron chi connectivity index (χ3n) is 3.73. The summed E-state index contributed by atoms with van der Waals surface area (Å²) in [4.78, 5) is 9.10. The van der Waals surface area contributed by atoms with Crippen LogP contribution in [-0.2, 0) is 6.42 Å². The van der Waals surface area contributed by atoms with Crippen LogP contribution in [0.1, 0.15) is 19.0 Å². The van der Waals surface area contributed by atoms with E-state index in [1.54, 1.807) is 10.8 Å². The van der Waals surface area contributed by atoms with E-state index >= 15 is 0 Å². The molecule has 7 heteroatoms. The highest BCUT2D eigenvalue weighted by Gasteiger charge is 2.14. The van der Waals surface area contributed by atoms with Crippen LogP contribution >= 0.6 is 11.6 Å². The van der Waals surface area contributed by atoms with Gasteiger partial charge in [0.15, 0.2) is 5.76 Å². The minimum absolute atomic E-state index is 0.505. The number of anilines is 2. The van der Waals surface area contributed by atoms with Gasteiger partial charge >= 0.3 is 0 Å². The number of benzene rings is 1. The molecule has 0 radical (unpaired) electrons. The van der Waals surface area contributed by atoms with Gasteiger partial charge in [-0.05, 0) is 42.8 Å². The molecule has 0 spiro atoms. The molecule has 0 unspecified atom stereocenters. The first-order chi connectivity index (χ1) is 12.2. The predicted molar refractivity (Wildman–Crippen MR) is 97.2 cm³/mol. The second-order valence-corrected chi connectivity index (χ2v) is 6.08. The molecule has 3 aromatic heterocycles. The number of fused-ring (bicyclic) bond motifs is 1. The second-order valence-electron chi connectivity index (χ2n) is 5.64. The number of halogens is 1. The molecule has 126 valence electrons. The molecule has 0 atom stereocenters. The molecule has 3 heterocycles. The summed E-state index contributed by atoms with van der Waals surface area (Å²) in [5.41, 5.74) is 1.87. The third-order valence-corrected chi connectivity index (χ3v) is 3.98. The van der Waals surface area contributed by atoms with Gasteiger partial charge in [-0.2, -0.15) is 9.50 Å². The Morgan fingerprint density at radius 2 is 2.00 bits per heavy atom. The fourth-order valence-electron chi connectivity index (χ4n) is 2.58. The van der Waals surface area contributed by atoms with Gasteiger partial charge in [-0.15, -0.1) is 5.10 Å². The molecule has 4 rings (SSSR count). The van der Waals surface area contributed by atoms with Crippen molar-refractivity contribution < 1.29 is 4.42 Å². The van der Waals surface area contributed by atoms with Gasteiger partial charge in [0.05, 0.1) is 6.26 Å². The molecule has 0 amide bonds. The smallest absolute Gasteiger partial charge is 0.255 e. The van der Waals surface area contributed by atoms with E-state index in [0.717, 1.165) is 30.0 Å². The molecule has 4 aromatic rings. The van der Waals surface area contributed by atoms with Crippen LogP contribution in [0, 0.1) is 0 Å². The first-order valence-electron chi connectivity index (χ1n) is 8.06. The average molecular weight is 354 g/mol. The van der Waals surface area contributed by atoms with Crippen LogP contribution < -0.4 is 5.32 Å². The Hall–Kier alpha value is -2.86. The molecular formula is C18H16ClN5O. The summed E-state index contributed by atoms with van der Waals surface area (Å²) >= 11 is 5.96. The van der Waals surface area contributed by atoms with Crippen LogP contribution in [0.3, 0.4) is 0 Å². The summed E-state index contributed by atoms with van der Waals surface area (Å²) in [6.07, 6.45) is 3.47. The van der Waals surface area contributed by atoms with Gasteiger partial charge in [0.2, 0.25) is 5.82 Å². The van der Waals surface area contributed by atoms with Crippen LogP contribution in [0.15, 0.2) is 53.1 Å². The molecular weight excluding hydrogens is 338 g/mol. The number of hydrogen-bond donors (Lipinski definition) is 1. The predicted octanol–water partition coefficient (Wildman–Crippen LogP) is 4.73. The fraction of sp³-hybridized carbons (Fsp3) is 0.167. The molecule has 0 bridgehead atoms. The standard InChI is InChI=1S/C18H16ClN5O/c1-2-4-14-11-16(20-13-8-6-12(19)7-9-13)24-18(21-14)22-17(23-24)15-5-3-10-25-15/h3,5-11,20H,2,4H2,1H3. The van der Waals surface area contributed by atoms with Crippen LogP contribution in [-0.4, -0.2) is 19.6 Å². The lowest BCUT2D eigenvalue weighted by molar-refractivity contribution is 0.577. The maximum absolute atomic E-state index is 5.96. The number of nitrogens with zero attached hydrogens (tertiary/aromatic N) is 4. The lowest BCUT2D eigenvalue weighted by Gasteiger charge is -2.09. The van der Waals surface area contributed by atoms with Crippen molar-refractivity contribution >= 4 is 28.9 Å². The molecule has 1 N–H and O–H groups in total. The number of aromatic nitrogens is 4. The van der Waals surface area contributed by atoms with Crippen LogP contribution in [0.4, 0.5) is 11.5 Å². The van der Waals surface area contributed by atoms with E-state index in [9.17, 15) is 0 Å². The summed E-state index contributed by atoms with van der Waals surface area (Å²) < 4.78 is 7.08. The van der Waals surface area contributed by atoms with Crippen molar-refractivity contribution in [2.75, 3.05) is 5.32 Å². The lowest BCUT2D eigenvalue weighted by atomic mass is 10.2. The maximum Gasteiger partial charge on any atom is 0.255 e. The number of rotatable bonds is 5. The van der Waals surface area contributed by atoms with E-state index in [-0.39, 0.29) is 0 Å². The van der Waals surface area contributed by atoms with Crippen LogP contribution in [0.25, 0.3) is 17.4 Å². The largest absolute Gasteiger partial charge is 0.461 e. The summed E-state index contributed by atoms with van der Waals surface area (Å²) in [6, 6.07) is 13.1. The fourth-order valence-corrected chi connectivity index (χ4v) is 2.71. The summed E-state index contributed by atoms with van der Waals surface area (Å²) in [5.74, 6) is 2.44. The molecule has 0 saturated heterocycles. The van der Waals surface area contributed by atoms with Crippen molar-refractivity contribution in [3.63, 3.8) is 0 Å².